The molecule has 1 atom stereocenters. The number of fused-ring (bicyclic) bond motifs is 1. The van der Waals surface area contributed by atoms with E-state index in [0.29, 0.717) is 36.9 Å². The molecule has 2 heterocycles. The Hall–Kier alpha value is -2.01. The number of H-pyrrole nitrogens is 1. The van der Waals surface area contributed by atoms with E-state index in [9.17, 15) is 9.59 Å². The van der Waals surface area contributed by atoms with Crippen LogP contribution in [0, 0.1) is 11.8 Å². The van der Waals surface area contributed by atoms with E-state index in [1.807, 2.05) is 29.2 Å². The molecular weight excluding hydrogens is 374 g/mol. The molecule has 28 heavy (non-hydrogen) atoms. The molecule has 1 aliphatic heterocycles. The van der Waals surface area contributed by atoms with Crippen LogP contribution < -0.4 is 5.32 Å². The molecule has 4 rings (SSSR count). The van der Waals surface area contributed by atoms with Crippen LogP contribution >= 0.6 is 11.6 Å². The molecule has 1 saturated carbocycles. The molecule has 1 unspecified atom stereocenters. The number of hydrogen-bond donors (Lipinski definition) is 2. The van der Waals surface area contributed by atoms with E-state index in [4.69, 9.17) is 11.6 Å². The van der Waals surface area contributed by atoms with Gasteiger partial charge in [-0.25, -0.2) is 0 Å². The molecule has 1 aliphatic carbocycles. The number of halogens is 1. The standard InChI is InChI=1S/C22H28ClN3O2/c23-18-7-8-20-17(10-18)11-19(25-20)12-24-22(28)16-6-9-21(27)26(14-16)13-15-4-2-1-3-5-15/h7-8,10-11,15-16,25H,1-6,9,12-14H2,(H,24,28). The van der Waals surface area contributed by atoms with Crippen LogP contribution in [-0.4, -0.2) is 34.8 Å². The summed E-state index contributed by atoms with van der Waals surface area (Å²) in [5.41, 5.74) is 1.96. The van der Waals surface area contributed by atoms with Gasteiger partial charge in [0, 0.05) is 41.1 Å². The van der Waals surface area contributed by atoms with Crippen LogP contribution in [0.4, 0.5) is 0 Å². The van der Waals surface area contributed by atoms with Crippen LogP contribution in [0.1, 0.15) is 50.6 Å². The number of aromatic nitrogens is 1. The fourth-order valence-corrected chi connectivity index (χ4v) is 4.75. The van der Waals surface area contributed by atoms with E-state index in [0.717, 1.165) is 23.1 Å². The maximum Gasteiger partial charge on any atom is 0.225 e. The average molecular weight is 402 g/mol. The van der Waals surface area contributed by atoms with E-state index in [1.54, 1.807) is 0 Å². The third-order valence-corrected chi connectivity index (χ3v) is 6.40. The van der Waals surface area contributed by atoms with Crippen molar-refractivity contribution in [2.45, 2.75) is 51.5 Å². The Labute approximate surface area is 170 Å². The Bertz CT molecular complexity index is 857. The molecular formula is C22H28ClN3O2. The molecule has 6 heteroatoms. The number of piperidine rings is 1. The minimum absolute atomic E-state index is 0.0397. The molecule has 2 amide bonds. The van der Waals surface area contributed by atoms with Gasteiger partial charge in [-0.2, -0.15) is 0 Å². The average Bonchev–Trinajstić information content (AvgIpc) is 3.10. The third kappa shape index (κ3) is 4.52. The number of aromatic amines is 1. The minimum atomic E-state index is -0.111. The summed E-state index contributed by atoms with van der Waals surface area (Å²) < 4.78 is 0. The fourth-order valence-electron chi connectivity index (χ4n) is 4.57. The molecule has 2 N–H and O–H groups in total. The van der Waals surface area contributed by atoms with Gasteiger partial charge in [0.05, 0.1) is 12.5 Å². The fraction of sp³-hybridized carbons (Fsp3) is 0.545. The van der Waals surface area contributed by atoms with E-state index in [-0.39, 0.29) is 17.7 Å². The van der Waals surface area contributed by atoms with E-state index in [2.05, 4.69) is 10.3 Å². The van der Waals surface area contributed by atoms with Gasteiger partial charge in [-0.05, 0) is 49.4 Å². The first-order valence-corrected chi connectivity index (χ1v) is 10.8. The predicted octanol–water partition coefficient (Wildman–Crippen LogP) is 4.26. The van der Waals surface area contributed by atoms with Gasteiger partial charge in [0.1, 0.15) is 0 Å². The first-order chi connectivity index (χ1) is 13.6. The van der Waals surface area contributed by atoms with Gasteiger partial charge in [0.25, 0.3) is 0 Å². The maximum atomic E-state index is 12.7. The molecule has 2 aromatic rings. The van der Waals surface area contributed by atoms with Crippen molar-refractivity contribution in [3.8, 4) is 0 Å². The summed E-state index contributed by atoms with van der Waals surface area (Å²) in [7, 11) is 0. The van der Waals surface area contributed by atoms with Crippen molar-refractivity contribution in [1.82, 2.24) is 15.2 Å². The largest absolute Gasteiger partial charge is 0.357 e. The van der Waals surface area contributed by atoms with Gasteiger partial charge in [0.15, 0.2) is 0 Å². The quantitative estimate of drug-likeness (QED) is 0.786. The maximum absolute atomic E-state index is 12.7. The van der Waals surface area contributed by atoms with Crippen LogP contribution in [-0.2, 0) is 16.1 Å². The van der Waals surface area contributed by atoms with Crippen molar-refractivity contribution >= 4 is 34.3 Å². The SMILES string of the molecule is O=C(NCc1cc2cc(Cl)ccc2[nH]1)C1CCC(=O)N(CC2CCCCC2)C1. The van der Waals surface area contributed by atoms with Crippen molar-refractivity contribution in [3.63, 3.8) is 0 Å². The molecule has 1 aromatic heterocycles. The highest BCUT2D eigenvalue weighted by atomic mass is 35.5. The number of hydrogen-bond acceptors (Lipinski definition) is 2. The number of benzene rings is 1. The molecule has 150 valence electrons. The summed E-state index contributed by atoms with van der Waals surface area (Å²) in [5, 5.41) is 4.78. The molecule has 2 fully saturated rings. The minimum Gasteiger partial charge on any atom is -0.357 e. The lowest BCUT2D eigenvalue weighted by Gasteiger charge is -2.35. The number of carbonyl (C=O) groups is 2. The second-order valence-corrected chi connectivity index (χ2v) is 8.72. The Balaban J connectivity index is 1.32. The Morgan fingerprint density at radius 1 is 1.18 bits per heavy atom. The molecule has 0 spiro atoms. The van der Waals surface area contributed by atoms with Crippen molar-refractivity contribution in [1.29, 1.82) is 0 Å². The van der Waals surface area contributed by atoms with Crippen molar-refractivity contribution in [2.75, 3.05) is 13.1 Å². The molecule has 5 nitrogen and oxygen atoms in total. The van der Waals surface area contributed by atoms with Crippen LogP contribution in [0.15, 0.2) is 24.3 Å². The number of rotatable bonds is 5. The third-order valence-electron chi connectivity index (χ3n) is 6.17. The lowest BCUT2D eigenvalue weighted by atomic mass is 9.87. The number of nitrogens with one attached hydrogen (secondary N) is 2. The highest BCUT2D eigenvalue weighted by Gasteiger charge is 2.31. The molecule has 1 saturated heterocycles. The van der Waals surface area contributed by atoms with E-state index in [1.165, 1.54) is 32.1 Å². The lowest BCUT2D eigenvalue weighted by Crippen LogP contribution is -2.47. The first-order valence-electron chi connectivity index (χ1n) is 10.4. The van der Waals surface area contributed by atoms with Crippen LogP contribution in [0.25, 0.3) is 10.9 Å². The monoisotopic (exact) mass is 401 g/mol. The zero-order valence-corrected chi connectivity index (χ0v) is 16.9. The summed E-state index contributed by atoms with van der Waals surface area (Å²) in [6, 6.07) is 7.72. The van der Waals surface area contributed by atoms with Crippen molar-refractivity contribution in [3.05, 3.63) is 35.0 Å². The second-order valence-electron chi connectivity index (χ2n) is 8.28. The molecule has 0 radical (unpaired) electrons. The highest BCUT2D eigenvalue weighted by molar-refractivity contribution is 6.31. The molecule has 1 aromatic carbocycles. The lowest BCUT2D eigenvalue weighted by molar-refractivity contribution is -0.139. The van der Waals surface area contributed by atoms with Crippen LogP contribution in [0.5, 0.6) is 0 Å². The summed E-state index contributed by atoms with van der Waals surface area (Å²) >= 11 is 6.04. The van der Waals surface area contributed by atoms with Gasteiger partial charge < -0.3 is 15.2 Å². The van der Waals surface area contributed by atoms with Gasteiger partial charge >= 0.3 is 0 Å². The van der Waals surface area contributed by atoms with Gasteiger partial charge in [0.2, 0.25) is 11.8 Å². The van der Waals surface area contributed by atoms with Crippen LogP contribution in [0.3, 0.4) is 0 Å². The Morgan fingerprint density at radius 2 is 2.00 bits per heavy atom. The van der Waals surface area contributed by atoms with Gasteiger partial charge in [-0.15, -0.1) is 0 Å². The summed E-state index contributed by atoms with van der Waals surface area (Å²) in [5.74, 6) is 0.748. The molecule has 0 bridgehead atoms. The Morgan fingerprint density at radius 3 is 2.82 bits per heavy atom. The number of carbonyl (C=O) groups excluding carboxylic acids is 2. The number of likely N-dealkylation sites (tertiary alicyclic amines) is 1. The van der Waals surface area contributed by atoms with Crippen molar-refractivity contribution < 1.29 is 9.59 Å². The zero-order valence-electron chi connectivity index (χ0n) is 16.2. The predicted molar refractivity (Wildman–Crippen MR) is 111 cm³/mol. The van der Waals surface area contributed by atoms with Crippen molar-refractivity contribution in [2.24, 2.45) is 11.8 Å². The first kappa shape index (κ1) is 19.3. The molecule has 2 aliphatic rings. The second kappa shape index (κ2) is 8.56. The van der Waals surface area contributed by atoms with E-state index >= 15 is 0 Å². The number of nitrogens with zero attached hydrogens (tertiary/aromatic N) is 1. The van der Waals surface area contributed by atoms with E-state index < -0.39 is 0 Å². The van der Waals surface area contributed by atoms with Gasteiger partial charge in [-0.1, -0.05) is 30.9 Å². The smallest absolute Gasteiger partial charge is 0.225 e. The summed E-state index contributed by atoms with van der Waals surface area (Å²) in [6.07, 6.45) is 7.41. The number of amides is 2. The normalized spacial score (nSPS) is 21.2. The zero-order chi connectivity index (χ0) is 19.5. The summed E-state index contributed by atoms with van der Waals surface area (Å²) in [4.78, 5) is 30.3. The van der Waals surface area contributed by atoms with Crippen LogP contribution in [0.2, 0.25) is 5.02 Å². The summed E-state index contributed by atoms with van der Waals surface area (Å²) in [6.45, 7) is 1.84. The highest BCUT2D eigenvalue weighted by Crippen LogP contribution is 2.27. The topological polar surface area (TPSA) is 65.2 Å². The Kier molecular flexibility index (Phi) is 5.90. The van der Waals surface area contributed by atoms with Gasteiger partial charge in [-0.3, -0.25) is 9.59 Å².